The molecule has 7 heteroatoms. The Morgan fingerprint density at radius 2 is 1.96 bits per heavy atom. The van der Waals surface area contributed by atoms with Crippen molar-refractivity contribution >= 4 is 29.9 Å². The summed E-state index contributed by atoms with van der Waals surface area (Å²) in [5.74, 6) is 3.08. The summed E-state index contributed by atoms with van der Waals surface area (Å²) in [6.07, 6.45) is 4.97. The van der Waals surface area contributed by atoms with E-state index in [1.807, 2.05) is 12.4 Å². The van der Waals surface area contributed by atoms with Gasteiger partial charge in [-0.25, -0.2) is 4.98 Å². The van der Waals surface area contributed by atoms with E-state index < -0.39 is 0 Å². The largest absolute Gasteiger partial charge is 0.380 e. The molecule has 1 rings (SSSR count). The maximum Gasteiger partial charge on any atom is 0.191 e. The number of ether oxygens (including phenoxy) is 1. The van der Waals surface area contributed by atoms with Crippen LogP contribution in [0, 0.1) is 11.8 Å². The predicted octanol–water partition coefficient (Wildman–Crippen LogP) is 2.88. The molecule has 0 unspecified atom stereocenters. The molecule has 0 amide bonds. The van der Waals surface area contributed by atoms with Crippen LogP contribution in [0.15, 0.2) is 17.4 Å². The zero-order chi connectivity index (χ0) is 17.1. The molecule has 0 saturated heterocycles. The van der Waals surface area contributed by atoms with Gasteiger partial charge in [0, 0.05) is 39.1 Å². The van der Waals surface area contributed by atoms with E-state index in [4.69, 9.17) is 4.74 Å². The van der Waals surface area contributed by atoms with Gasteiger partial charge < -0.3 is 19.9 Å². The number of imidazole rings is 1. The molecular weight excluding hydrogens is 417 g/mol. The van der Waals surface area contributed by atoms with Crippen LogP contribution >= 0.6 is 24.0 Å². The molecule has 0 aliphatic carbocycles. The van der Waals surface area contributed by atoms with Crippen molar-refractivity contribution in [1.29, 1.82) is 0 Å². The van der Waals surface area contributed by atoms with Gasteiger partial charge in [-0.3, -0.25) is 4.99 Å². The number of hydrogen-bond donors (Lipinski definition) is 2. The van der Waals surface area contributed by atoms with Crippen LogP contribution in [0.5, 0.6) is 0 Å². The van der Waals surface area contributed by atoms with Gasteiger partial charge in [0.05, 0.1) is 13.2 Å². The predicted molar refractivity (Wildman–Crippen MR) is 111 cm³/mol. The summed E-state index contributed by atoms with van der Waals surface area (Å²) in [6.45, 7) is 12.7. The number of aromatic nitrogens is 2. The molecule has 1 heterocycles. The summed E-state index contributed by atoms with van der Waals surface area (Å²) in [4.78, 5) is 8.63. The average molecular weight is 451 g/mol. The number of guanidine groups is 1. The van der Waals surface area contributed by atoms with Crippen LogP contribution in [0.1, 0.15) is 39.9 Å². The zero-order valence-electron chi connectivity index (χ0n) is 15.7. The summed E-state index contributed by atoms with van der Waals surface area (Å²) in [5.41, 5.74) is 0. The van der Waals surface area contributed by atoms with Gasteiger partial charge in [0.2, 0.25) is 0 Å². The van der Waals surface area contributed by atoms with Crippen molar-refractivity contribution in [2.75, 3.05) is 26.8 Å². The van der Waals surface area contributed by atoms with Gasteiger partial charge >= 0.3 is 0 Å². The number of halogens is 1. The van der Waals surface area contributed by atoms with Crippen LogP contribution < -0.4 is 10.6 Å². The van der Waals surface area contributed by atoms with Crippen molar-refractivity contribution in [1.82, 2.24) is 20.2 Å². The Bertz CT molecular complexity index is 460. The highest BCUT2D eigenvalue weighted by Crippen LogP contribution is 2.03. The van der Waals surface area contributed by atoms with Crippen molar-refractivity contribution in [3.8, 4) is 0 Å². The van der Waals surface area contributed by atoms with Gasteiger partial charge in [-0.15, -0.1) is 24.0 Å². The molecule has 0 aromatic carbocycles. The Morgan fingerprint density at radius 3 is 2.58 bits per heavy atom. The molecule has 0 aliphatic heterocycles. The lowest BCUT2D eigenvalue weighted by molar-refractivity contribution is 0.128. The standard InChI is InChI=1S/C17H33N5O.HI/c1-14(2)6-10-23-11-8-20-17(18-5)21-12-16-19-7-9-22(16)13-15(3)4;/h7,9,14-15H,6,8,10-13H2,1-5H3,(H2,18,20,21);1H. The first-order valence-electron chi connectivity index (χ1n) is 8.55. The molecule has 0 saturated carbocycles. The highest BCUT2D eigenvalue weighted by atomic mass is 127. The quantitative estimate of drug-likeness (QED) is 0.249. The minimum Gasteiger partial charge on any atom is -0.380 e. The normalized spacial score (nSPS) is 11.7. The van der Waals surface area contributed by atoms with Gasteiger partial charge in [0.15, 0.2) is 5.96 Å². The van der Waals surface area contributed by atoms with E-state index >= 15 is 0 Å². The molecule has 0 fully saturated rings. The molecule has 24 heavy (non-hydrogen) atoms. The summed E-state index contributed by atoms with van der Waals surface area (Å²) < 4.78 is 7.77. The summed E-state index contributed by atoms with van der Waals surface area (Å²) in [7, 11) is 1.77. The second-order valence-electron chi connectivity index (χ2n) is 6.54. The highest BCUT2D eigenvalue weighted by molar-refractivity contribution is 14.0. The molecule has 1 aromatic rings. The third-order valence-corrected chi connectivity index (χ3v) is 3.38. The maximum absolute atomic E-state index is 5.59. The van der Waals surface area contributed by atoms with Crippen LogP contribution in [0.4, 0.5) is 0 Å². The lowest BCUT2D eigenvalue weighted by Gasteiger charge is -2.14. The van der Waals surface area contributed by atoms with Gasteiger partial charge in [0.1, 0.15) is 5.82 Å². The topological polar surface area (TPSA) is 63.5 Å². The zero-order valence-corrected chi connectivity index (χ0v) is 18.0. The SMILES string of the molecule is CN=C(NCCOCCC(C)C)NCc1nccn1CC(C)C.I. The molecule has 6 nitrogen and oxygen atoms in total. The first kappa shape index (κ1) is 23.2. The monoisotopic (exact) mass is 451 g/mol. The fourth-order valence-corrected chi connectivity index (χ4v) is 2.11. The number of aliphatic imine (C=N–C) groups is 1. The fourth-order valence-electron chi connectivity index (χ4n) is 2.11. The fraction of sp³-hybridized carbons (Fsp3) is 0.765. The van der Waals surface area contributed by atoms with Crippen molar-refractivity contribution in [2.24, 2.45) is 16.8 Å². The molecule has 0 spiro atoms. The third kappa shape index (κ3) is 10.1. The average Bonchev–Trinajstić information content (AvgIpc) is 2.92. The van der Waals surface area contributed by atoms with E-state index in [0.29, 0.717) is 25.0 Å². The smallest absolute Gasteiger partial charge is 0.191 e. The molecule has 0 radical (unpaired) electrons. The molecular formula is C17H34IN5O. The van der Waals surface area contributed by atoms with E-state index in [9.17, 15) is 0 Å². The Morgan fingerprint density at radius 1 is 1.21 bits per heavy atom. The van der Waals surface area contributed by atoms with Crippen molar-refractivity contribution in [2.45, 2.75) is 47.2 Å². The minimum atomic E-state index is 0. The van der Waals surface area contributed by atoms with Gasteiger partial charge in [-0.05, 0) is 18.3 Å². The minimum absolute atomic E-state index is 0. The van der Waals surface area contributed by atoms with E-state index in [-0.39, 0.29) is 24.0 Å². The second kappa shape index (κ2) is 13.5. The van der Waals surface area contributed by atoms with Crippen molar-refractivity contribution in [3.05, 3.63) is 18.2 Å². The number of hydrogen-bond acceptors (Lipinski definition) is 3. The molecule has 0 atom stereocenters. The van der Waals surface area contributed by atoms with E-state index in [0.717, 1.165) is 37.9 Å². The van der Waals surface area contributed by atoms with E-state index in [1.165, 1.54) is 0 Å². The molecule has 2 N–H and O–H groups in total. The third-order valence-electron chi connectivity index (χ3n) is 3.38. The Labute approximate surface area is 163 Å². The van der Waals surface area contributed by atoms with Crippen LogP contribution in [-0.2, 0) is 17.8 Å². The number of nitrogens with zero attached hydrogens (tertiary/aromatic N) is 3. The molecule has 140 valence electrons. The second-order valence-corrected chi connectivity index (χ2v) is 6.54. The van der Waals surface area contributed by atoms with Gasteiger partial charge in [-0.1, -0.05) is 27.7 Å². The highest BCUT2D eigenvalue weighted by Gasteiger charge is 2.05. The van der Waals surface area contributed by atoms with Crippen LogP contribution in [0.2, 0.25) is 0 Å². The molecule has 1 aromatic heterocycles. The number of rotatable bonds is 10. The van der Waals surface area contributed by atoms with Crippen molar-refractivity contribution < 1.29 is 4.74 Å². The van der Waals surface area contributed by atoms with E-state index in [1.54, 1.807) is 7.05 Å². The summed E-state index contributed by atoms with van der Waals surface area (Å²) in [6, 6.07) is 0. The lowest BCUT2D eigenvalue weighted by Crippen LogP contribution is -2.39. The molecule has 0 aliphatic rings. The Kier molecular flexibility index (Phi) is 13.0. The lowest BCUT2D eigenvalue weighted by atomic mass is 10.1. The van der Waals surface area contributed by atoms with Crippen LogP contribution in [0.25, 0.3) is 0 Å². The number of nitrogens with one attached hydrogen (secondary N) is 2. The summed E-state index contributed by atoms with van der Waals surface area (Å²) in [5, 5.41) is 6.55. The van der Waals surface area contributed by atoms with Crippen LogP contribution in [-0.4, -0.2) is 42.3 Å². The summed E-state index contributed by atoms with van der Waals surface area (Å²) >= 11 is 0. The maximum atomic E-state index is 5.59. The van der Waals surface area contributed by atoms with Gasteiger partial charge in [0.25, 0.3) is 0 Å². The Balaban J connectivity index is 0.00000529. The van der Waals surface area contributed by atoms with Crippen molar-refractivity contribution in [3.63, 3.8) is 0 Å². The first-order valence-corrected chi connectivity index (χ1v) is 8.55. The van der Waals surface area contributed by atoms with Crippen LogP contribution in [0.3, 0.4) is 0 Å². The van der Waals surface area contributed by atoms with Gasteiger partial charge in [-0.2, -0.15) is 0 Å². The van der Waals surface area contributed by atoms with E-state index in [2.05, 4.69) is 52.9 Å². The molecule has 0 bridgehead atoms. The Hall–Kier alpha value is -0.830. The first-order chi connectivity index (χ1) is 11.0.